The molecule has 0 spiro atoms. The van der Waals surface area contributed by atoms with Crippen LogP contribution >= 0.6 is 11.6 Å². The SMILES string of the molecule is CC(=O)CC(=O)OCC(Cc1ccc(Cl)cc1)C1(C)C=CC=N1. The third-order valence-electron chi connectivity index (χ3n) is 3.93. The number of benzene rings is 1. The summed E-state index contributed by atoms with van der Waals surface area (Å²) < 4.78 is 5.29. The molecule has 4 nitrogen and oxygen atoms in total. The first-order valence-electron chi connectivity index (χ1n) is 7.51. The molecule has 5 heteroatoms. The summed E-state index contributed by atoms with van der Waals surface area (Å²) in [6, 6.07) is 7.59. The molecular formula is C18H20ClNO3. The van der Waals surface area contributed by atoms with Crippen LogP contribution in [0, 0.1) is 5.92 Å². The maximum absolute atomic E-state index is 11.7. The molecule has 0 amide bonds. The molecule has 23 heavy (non-hydrogen) atoms. The van der Waals surface area contributed by atoms with Gasteiger partial charge in [-0.05, 0) is 44.0 Å². The molecule has 1 heterocycles. The number of hydrogen-bond acceptors (Lipinski definition) is 4. The van der Waals surface area contributed by atoms with Crippen LogP contribution in [0.1, 0.15) is 25.8 Å². The number of carbonyl (C=O) groups is 2. The van der Waals surface area contributed by atoms with Gasteiger partial charge in [-0.2, -0.15) is 0 Å². The number of allylic oxidation sites excluding steroid dienone is 1. The summed E-state index contributed by atoms with van der Waals surface area (Å²) in [6.45, 7) is 3.59. The van der Waals surface area contributed by atoms with Crippen molar-refractivity contribution in [3.05, 3.63) is 47.0 Å². The lowest BCUT2D eigenvalue weighted by Crippen LogP contribution is -2.35. The Morgan fingerprint density at radius 2 is 2.00 bits per heavy atom. The van der Waals surface area contributed by atoms with E-state index in [9.17, 15) is 9.59 Å². The molecule has 0 N–H and O–H groups in total. The average molecular weight is 334 g/mol. The lowest BCUT2D eigenvalue weighted by molar-refractivity contribution is -0.147. The minimum atomic E-state index is -0.492. The number of ether oxygens (including phenoxy) is 1. The van der Waals surface area contributed by atoms with Gasteiger partial charge in [0.15, 0.2) is 0 Å². The maximum Gasteiger partial charge on any atom is 0.313 e. The Bertz CT molecular complexity index is 622. The molecule has 1 aliphatic rings. The highest BCUT2D eigenvalue weighted by molar-refractivity contribution is 6.30. The third-order valence-corrected chi connectivity index (χ3v) is 4.19. The Morgan fingerprint density at radius 3 is 2.57 bits per heavy atom. The third kappa shape index (κ3) is 5.03. The van der Waals surface area contributed by atoms with E-state index in [-0.39, 0.29) is 24.7 Å². The number of halogens is 1. The second-order valence-electron chi connectivity index (χ2n) is 5.95. The van der Waals surface area contributed by atoms with Gasteiger partial charge >= 0.3 is 5.97 Å². The van der Waals surface area contributed by atoms with Gasteiger partial charge in [0.25, 0.3) is 0 Å². The summed E-state index contributed by atoms with van der Waals surface area (Å²) in [5.74, 6) is -0.711. The average Bonchev–Trinajstić information content (AvgIpc) is 2.92. The van der Waals surface area contributed by atoms with Crippen molar-refractivity contribution in [2.45, 2.75) is 32.2 Å². The number of esters is 1. The highest BCUT2D eigenvalue weighted by Crippen LogP contribution is 2.30. The van der Waals surface area contributed by atoms with Gasteiger partial charge in [-0.15, -0.1) is 0 Å². The Labute approximate surface area is 141 Å². The molecule has 0 saturated heterocycles. The molecule has 2 rings (SSSR count). The van der Waals surface area contributed by atoms with Crippen molar-refractivity contribution in [2.24, 2.45) is 10.9 Å². The molecule has 0 radical (unpaired) electrons. The van der Waals surface area contributed by atoms with E-state index in [4.69, 9.17) is 16.3 Å². The quantitative estimate of drug-likeness (QED) is 0.567. The van der Waals surface area contributed by atoms with Gasteiger partial charge in [0, 0.05) is 17.2 Å². The van der Waals surface area contributed by atoms with E-state index in [1.807, 2.05) is 43.3 Å². The summed E-state index contributed by atoms with van der Waals surface area (Å²) in [5, 5.41) is 0.684. The number of ketones is 1. The summed E-state index contributed by atoms with van der Waals surface area (Å²) in [6.07, 6.45) is 6.16. The van der Waals surface area contributed by atoms with E-state index in [1.54, 1.807) is 6.21 Å². The van der Waals surface area contributed by atoms with Crippen molar-refractivity contribution in [1.82, 2.24) is 0 Å². The number of aliphatic imine (C=N–C) groups is 1. The first kappa shape index (κ1) is 17.4. The van der Waals surface area contributed by atoms with Crippen LogP contribution in [0.15, 0.2) is 41.4 Å². The molecular weight excluding hydrogens is 314 g/mol. The number of rotatable bonds is 7. The molecule has 1 aromatic rings. The Kier molecular flexibility index (Phi) is 5.72. The van der Waals surface area contributed by atoms with E-state index in [0.717, 1.165) is 5.56 Å². The molecule has 0 bridgehead atoms. The topological polar surface area (TPSA) is 55.7 Å². The zero-order chi connectivity index (χ0) is 16.9. The van der Waals surface area contributed by atoms with Crippen LogP contribution in [0.25, 0.3) is 0 Å². The molecule has 1 aliphatic heterocycles. The Hall–Kier alpha value is -1.94. The molecule has 0 saturated carbocycles. The molecule has 1 aromatic carbocycles. The first-order chi connectivity index (χ1) is 10.9. The molecule has 2 unspecified atom stereocenters. The van der Waals surface area contributed by atoms with Gasteiger partial charge in [0.1, 0.15) is 12.2 Å². The smallest absolute Gasteiger partial charge is 0.313 e. The van der Waals surface area contributed by atoms with E-state index in [2.05, 4.69) is 4.99 Å². The fourth-order valence-corrected chi connectivity index (χ4v) is 2.64. The van der Waals surface area contributed by atoms with Gasteiger partial charge in [-0.25, -0.2) is 0 Å². The highest BCUT2D eigenvalue weighted by atomic mass is 35.5. The second-order valence-corrected chi connectivity index (χ2v) is 6.39. The maximum atomic E-state index is 11.7. The number of carbonyl (C=O) groups excluding carboxylic acids is 2. The zero-order valence-corrected chi connectivity index (χ0v) is 14.0. The van der Waals surface area contributed by atoms with E-state index >= 15 is 0 Å². The fourth-order valence-electron chi connectivity index (χ4n) is 2.51. The van der Waals surface area contributed by atoms with Gasteiger partial charge in [-0.3, -0.25) is 14.6 Å². The molecule has 0 aromatic heterocycles. The van der Waals surface area contributed by atoms with Crippen LogP contribution in [-0.2, 0) is 20.7 Å². The second kappa shape index (κ2) is 7.55. The van der Waals surface area contributed by atoms with E-state index in [0.29, 0.717) is 11.4 Å². The highest BCUT2D eigenvalue weighted by Gasteiger charge is 2.33. The summed E-state index contributed by atoms with van der Waals surface area (Å²) >= 11 is 5.92. The van der Waals surface area contributed by atoms with Crippen molar-refractivity contribution in [2.75, 3.05) is 6.61 Å². The van der Waals surface area contributed by atoms with Crippen molar-refractivity contribution >= 4 is 29.6 Å². The van der Waals surface area contributed by atoms with Crippen LogP contribution in [0.3, 0.4) is 0 Å². The summed E-state index contributed by atoms with van der Waals surface area (Å²) in [5.41, 5.74) is 0.676. The van der Waals surface area contributed by atoms with E-state index in [1.165, 1.54) is 6.92 Å². The largest absolute Gasteiger partial charge is 0.465 e. The normalized spacial score (nSPS) is 20.5. The standard InChI is InChI=1S/C18H20ClNO3/c1-13(21)10-17(22)23-12-15(18(2)8-3-9-20-18)11-14-4-6-16(19)7-5-14/h3-9,15H,10-12H2,1-2H3. The summed E-state index contributed by atoms with van der Waals surface area (Å²) in [4.78, 5) is 27.2. The van der Waals surface area contributed by atoms with Crippen molar-refractivity contribution in [1.29, 1.82) is 0 Å². The van der Waals surface area contributed by atoms with Gasteiger partial charge in [-0.1, -0.05) is 29.8 Å². The number of nitrogens with zero attached hydrogens (tertiary/aromatic N) is 1. The molecule has 2 atom stereocenters. The zero-order valence-electron chi connectivity index (χ0n) is 13.3. The fraction of sp³-hybridized carbons (Fsp3) is 0.389. The van der Waals surface area contributed by atoms with Gasteiger partial charge in [0.05, 0.1) is 12.1 Å². The van der Waals surface area contributed by atoms with Gasteiger partial charge < -0.3 is 4.74 Å². The number of hydrogen-bond donors (Lipinski definition) is 0. The lowest BCUT2D eigenvalue weighted by atomic mass is 9.82. The molecule has 0 fully saturated rings. The number of Topliss-reactive ketones (excluding diaryl/α,β-unsaturated/α-hetero) is 1. The van der Waals surface area contributed by atoms with Crippen LogP contribution in [0.2, 0.25) is 5.02 Å². The van der Waals surface area contributed by atoms with Crippen molar-refractivity contribution in [3.8, 4) is 0 Å². The van der Waals surface area contributed by atoms with Crippen LogP contribution < -0.4 is 0 Å². The minimum Gasteiger partial charge on any atom is -0.465 e. The van der Waals surface area contributed by atoms with Gasteiger partial charge in [0.2, 0.25) is 0 Å². The minimum absolute atomic E-state index is 0.0189. The van der Waals surface area contributed by atoms with Crippen molar-refractivity contribution < 1.29 is 14.3 Å². The molecule has 0 aliphatic carbocycles. The summed E-state index contributed by atoms with van der Waals surface area (Å²) in [7, 11) is 0. The Balaban J connectivity index is 2.07. The van der Waals surface area contributed by atoms with Crippen LogP contribution in [-0.4, -0.2) is 30.1 Å². The Morgan fingerprint density at radius 1 is 1.30 bits per heavy atom. The monoisotopic (exact) mass is 333 g/mol. The lowest BCUT2D eigenvalue weighted by Gasteiger charge is -2.30. The van der Waals surface area contributed by atoms with Crippen LogP contribution in [0.4, 0.5) is 0 Å². The predicted octanol–water partition coefficient (Wildman–Crippen LogP) is 3.42. The van der Waals surface area contributed by atoms with Crippen LogP contribution in [0.5, 0.6) is 0 Å². The first-order valence-corrected chi connectivity index (χ1v) is 7.89. The van der Waals surface area contributed by atoms with Crippen molar-refractivity contribution in [3.63, 3.8) is 0 Å². The predicted molar refractivity (Wildman–Crippen MR) is 90.9 cm³/mol. The van der Waals surface area contributed by atoms with E-state index < -0.39 is 11.5 Å². The molecule has 122 valence electrons.